The normalized spacial score (nSPS) is 10.7. The molecule has 2 heterocycles. The number of hydrogen-bond acceptors (Lipinski definition) is 5. The van der Waals surface area contributed by atoms with E-state index in [1.165, 1.54) is 4.88 Å². The summed E-state index contributed by atoms with van der Waals surface area (Å²) in [5, 5.41) is 9.09. The molecule has 0 aliphatic rings. The zero-order chi connectivity index (χ0) is 16.8. The van der Waals surface area contributed by atoms with Gasteiger partial charge >= 0.3 is 0 Å². The van der Waals surface area contributed by atoms with Crippen LogP contribution in [0.4, 0.5) is 0 Å². The predicted octanol–water partition coefficient (Wildman–Crippen LogP) is 4.37. The minimum atomic E-state index is -0.135. The van der Waals surface area contributed by atoms with Gasteiger partial charge in [-0.05, 0) is 18.4 Å². The number of thioether (sulfide) groups is 1. The van der Waals surface area contributed by atoms with E-state index in [9.17, 15) is 4.79 Å². The maximum Gasteiger partial charge on any atom is 0.257 e. The van der Waals surface area contributed by atoms with Crippen LogP contribution in [0.1, 0.15) is 21.0 Å². The van der Waals surface area contributed by atoms with Crippen molar-refractivity contribution in [3.63, 3.8) is 0 Å². The lowest BCUT2D eigenvalue weighted by atomic mass is 10.1. The summed E-state index contributed by atoms with van der Waals surface area (Å²) >= 11 is 3.57. The molecule has 0 saturated carbocycles. The second-order valence-corrected chi connectivity index (χ2v) is 7.35. The highest BCUT2D eigenvalue weighted by molar-refractivity contribution is 7.98. The van der Waals surface area contributed by atoms with Crippen molar-refractivity contribution in [2.75, 3.05) is 12.3 Å². The lowest BCUT2D eigenvalue weighted by Crippen LogP contribution is -2.26. The van der Waals surface area contributed by atoms with Gasteiger partial charge in [0, 0.05) is 28.5 Å². The summed E-state index contributed by atoms with van der Waals surface area (Å²) in [4.78, 5) is 13.8. The molecule has 3 aromatic rings. The molecule has 0 spiro atoms. The van der Waals surface area contributed by atoms with E-state index >= 15 is 0 Å². The Balaban J connectivity index is 1.56. The van der Waals surface area contributed by atoms with Crippen molar-refractivity contribution in [1.82, 2.24) is 10.5 Å². The van der Waals surface area contributed by atoms with Crippen LogP contribution in [0.15, 0.2) is 52.4 Å². The monoisotopic (exact) mass is 358 g/mol. The van der Waals surface area contributed by atoms with Gasteiger partial charge in [-0.15, -0.1) is 11.3 Å². The average molecular weight is 358 g/mol. The molecule has 0 saturated heterocycles. The number of nitrogens with one attached hydrogen (secondary N) is 1. The number of nitrogens with zero attached hydrogens (tertiary/aromatic N) is 1. The van der Waals surface area contributed by atoms with Gasteiger partial charge in [0.1, 0.15) is 17.0 Å². The summed E-state index contributed by atoms with van der Waals surface area (Å²) in [7, 11) is 0. The number of rotatable bonds is 7. The highest BCUT2D eigenvalue weighted by Crippen LogP contribution is 2.25. The summed E-state index contributed by atoms with van der Waals surface area (Å²) in [6.07, 6.45) is 0. The van der Waals surface area contributed by atoms with Crippen LogP contribution in [0.5, 0.6) is 0 Å². The van der Waals surface area contributed by atoms with Gasteiger partial charge in [0.2, 0.25) is 0 Å². The molecule has 0 aliphatic carbocycles. The predicted molar refractivity (Wildman–Crippen MR) is 99.5 cm³/mol. The molecule has 0 aliphatic heterocycles. The number of thiophene rings is 1. The van der Waals surface area contributed by atoms with Gasteiger partial charge in [0.15, 0.2) is 0 Å². The number of carbonyl (C=O) groups is 1. The van der Waals surface area contributed by atoms with Gasteiger partial charge in [0.25, 0.3) is 5.91 Å². The minimum absolute atomic E-state index is 0.135. The largest absolute Gasteiger partial charge is 0.360 e. The number of amides is 1. The molecule has 24 heavy (non-hydrogen) atoms. The Morgan fingerprint density at radius 1 is 1.25 bits per heavy atom. The lowest BCUT2D eigenvalue weighted by Gasteiger charge is -2.05. The summed E-state index contributed by atoms with van der Waals surface area (Å²) in [6.45, 7) is 2.38. The Hall–Kier alpha value is -2.05. The molecule has 3 rings (SSSR count). The topological polar surface area (TPSA) is 55.1 Å². The first-order valence-corrected chi connectivity index (χ1v) is 9.69. The van der Waals surface area contributed by atoms with E-state index in [-0.39, 0.29) is 5.91 Å². The Morgan fingerprint density at radius 2 is 2.08 bits per heavy atom. The zero-order valence-electron chi connectivity index (χ0n) is 13.3. The molecular weight excluding hydrogens is 340 g/mol. The van der Waals surface area contributed by atoms with Gasteiger partial charge < -0.3 is 9.84 Å². The Bertz CT molecular complexity index is 783. The van der Waals surface area contributed by atoms with Crippen LogP contribution in [0.3, 0.4) is 0 Å². The Morgan fingerprint density at radius 3 is 2.83 bits per heavy atom. The standard InChI is InChI=1S/C18H18N2O2S2/c1-13-16(17(20-22-13)14-6-3-2-4-7-14)18(21)19-9-11-23-12-15-8-5-10-24-15/h2-8,10H,9,11-12H2,1H3,(H,19,21). The average Bonchev–Trinajstić information content (AvgIpc) is 3.25. The summed E-state index contributed by atoms with van der Waals surface area (Å²) in [6, 6.07) is 13.8. The SMILES string of the molecule is Cc1onc(-c2ccccc2)c1C(=O)NCCSCc1cccs1. The molecule has 4 nitrogen and oxygen atoms in total. The van der Waals surface area contributed by atoms with Crippen LogP contribution in [-0.2, 0) is 5.75 Å². The summed E-state index contributed by atoms with van der Waals surface area (Å²) in [5.74, 6) is 2.26. The van der Waals surface area contributed by atoms with E-state index in [1.807, 2.05) is 42.1 Å². The van der Waals surface area contributed by atoms with Crippen LogP contribution in [0.25, 0.3) is 11.3 Å². The highest BCUT2D eigenvalue weighted by atomic mass is 32.2. The molecule has 0 radical (unpaired) electrons. The van der Waals surface area contributed by atoms with Gasteiger partial charge in [-0.3, -0.25) is 4.79 Å². The fourth-order valence-corrected chi connectivity index (χ4v) is 4.02. The van der Waals surface area contributed by atoms with Crippen molar-refractivity contribution in [1.29, 1.82) is 0 Å². The first kappa shape index (κ1) is 16.8. The van der Waals surface area contributed by atoms with Gasteiger partial charge in [-0.2, -0.15) is 11.8 Å². The number of benzene rings is 1. The molecular formula is C18H18N2O2S2. The Kier molecular flexibility index (Phi) is 5.72. The van der Waals surface area contributed by atoms with E-state index in [1.54, 1.807) is 18.3 Å². The first-order chi connectivity index (χ1) is 11.8. The third-order valence-corrected chi connectivity index (χ3v) is 5.56. The van der Waals surface area contributed by atoms with Crippen molar-refractivity contribution in [2.24, 2.45) is 0 Å². The quantitative estimate of drug-likeness (QED) is 0.637. The smallest absolute Gasteiger partial charge is 0.257 e. The van der Waals surface area contributed by atoms with Crippen LogP contribution in [0, 0.1) is 6.92 Å². The minimum Gasteiger partial charge on any atom is -0.360 e. The van der Waals surface area contributed by atoms with Crippen molar-refractivity contribution in [3.8, 4) is 11.3 Å². The van der Waals surface area contributed by atoms with Crippen LogP contribution in [0.2, 0.25) is 0 Å². The van der Waals surface area contributed by atoms with E-state index in [0.717, 1.165) is 17.1 Å². The van der Waals surface area contributed by atoms with Crippen molar-refractivity contribution in [3.05, 3.63) is 64.0 Å². The lowest BCUT2D eigenvalue weighted by molar-refractivity contribution is 0.0955. The van der Waals surface area contributed by atoms with Crippen molar-refractivity contribution < 1.29 is 9.32 Å². The van der Waals surface area contributed by atoms with Gasteiger partial charge in [-0.1, -0.05) is 41.6 Å². The fraction of sp³-hybridized carbons (Fsp3) is 0.222. The molecule has 1 aromatic carbocycles. The van der Waals surface area contributed by atoms with Crippen LogP contribution < -0.4 is 5.32 Å². The Labute approximate surface area is 149 Å². The van der Waals surface area contributed by atoms with E-state index in [2.05, 4.69) is 28.0 Å². The van der Waals surface area contributed by atoms with Gasteiger partial charge in [0.05, 0.1) is 0 Å². The van der Waals surface area contributed by atoms with Gasteiger partial charge in [-0.25, -0.2) is 0 Å². The molecule has 1 N–H and O–H groups in total. The molecule has 0 fully saturated rings. The first-order valence-electron chi connectivity index (χ1n) is 7.65. The zero-order valence-corrected chi connectivity index (χ0v) is 15.0. The molecule has 6 heteroatoms. The number of aryl methyl sites for hydroxylation is 1. The van der Waals surface area contributed by atoms with Crippen molar-refractivity contribution in [2.45, 2.75) is 12.7 Å². The van der Waals surface area contributed by atoms with E-state index in [4.69, 9.17) is 4.52 Å². The number of hydrogen-bond donors (Lipinski definition) is 1. The summed E-state index contributed by atoms with van der Waals surface area (Å²) < 4.78 is 5.23. The maximum absolute atomic E-state index is 12.5. The third kappa shape index (κ3) is 4.07. The number of carbonyl (C=O) groups excluding carboxylic acids is 1. The molecule has 0 atom stereocenters. The maximum atomic E-state index is 12.5. The molecule has 0 unspecified atom stereocenters. The molecule has 124 valence electrons. The van der Waals surface area contributed by atoms with Crippen LogP contribution in [-0.4, -0.2) is 23.4 Å². The molecule has 2 aromatic heterocycles. The number of aromatic nitrogens is 1. The molecule has 1 amide bonds. The van der Waals surface area contributed by atoms with Crippen molar-refractivity contribution >= 4 is 29.0 Å². The second-order valence-electron chi connectivity index (χ2n) is 5.22. The highest BCUT2D eigenvalue weighted by Gasteiger charge is 2.20. The fourth-order valence-electron chi connectivity index (χ4n) is 2.33. The second kappa shape index (κ2) is 8.17. The van der Waals surface area contributed by atoms with E-state index in [0.29, 0.717) is 23.6 Å². The third-order valence-electron chi connectivity index (χ3n) is 3.49. The van der Waals surface area contributed by atoms with Crippen LogP contribution >= 0.6 is 23.1 Å². The van der Waals surface area contributed by atoms with E-state index < -0.39 is 0 Å². The summed E-state index contributed by atoms with van der Waals surface area (Å²) in [5.41, 5.74) is 1.99. The molecule has 0 bridgehead atoms.